The maximum absolute atomic E-state index is 5.24. The van der Waals surface area contributed by atoms with Crippen molar-refractivity contribution in [2.75, 3.05) is 0 Å². The highest BCUT2D eigenvalue weighted by Gasteiger charge is 2.20. The van der Waals surface area contributed by atoms with Crippen LogP contribution in [0.2, 0.25) is 0 Å². The van der Waals surface area contributed by atoms with Crippen LogP contribution in [0.25, 0.3) is 93.4 Å². The third-order valence-corrected chi connectivity index (χ3v) is 9.54. The van der Waals surface area contributed by atoms with Gasteiger partial charge >= 0.3 is 0 Å². The number of rotatable bonds is 3. The Kier molecular flexibility index (Phi) is 5.57. The Labute approximate surface area is 271 Å². The minimum absolute atomic E-state index is 0.887. The molecule has 0 bridgehead atoms. The molecule has 218 valence electrons. The van der Waals surface area contributed by atoms with Crippen LogP contribution < -0.4 is 0 Å². The summed E-state index contributed by atoms with van der Waals surface area (Å²) in [5.74, 6) is 0. The molecule has 0 aliphatic rings. The zero-order valence-electron chi connectivity index (χ0n) is 25.4. The summed E-state index contributed by atoms with van der Waals surface area (Å²) in [4.78, 5) is 10.4. The lowest BCUT2D eigenvalue weighted by Gasteiger charge is -2.16. The van der Waals surface area contributed by atoms with Crippen LogP contribution in [0.15, 0.2) is 164 Å². The van der Waals surface area contributed by atoms with Gasteiger partial charge in [0.1, 0.15) is 0 Å². The molecule has 0 saturated carbocycles. The number of hydrogen-bond acceptors (Lipinski definition) is 2. The molecule has 0 unspecified atom stereocenters. The standard InChI is InChI=1S/C44H27N3/c1-3-13-28(14-4-1)42-43(46-39-21-11-10-20-38(39)45-42)29-23-24-35-37(27-29)32-18-8-7-17-31(32)34-25-26-36-33-19-9-12-22-40(33)47(44(36)41(34)35)30-15-5-2-6-16-30/h1-27H. The Morgan fingerprint density at radius 2 is 0.894 bits per heavy atom. The van der Waals surface area contributed by atoms with Crippen molar-refractivity contribution in [2.24, 2.45) is 0 Å². The minimum atomic E-state index is 0.887. The van der Waals surface area contributed by atoms with Gasteiger partial charge in [0, 0.05) is 33.0 Å². The SMILES string of the molecule is c1ccc(-c2nc3ccccc3nc2-c2ccc3c(c2)c2ccccc2c2ccc4c5ccccc5n(-c5ccccc5)c4c23)cc1. The largest absolute Gasteiger partial charge is 0.309 e. The van der Waals surface area contributed by atoms with Crippen LogP contribution in [0, 0.1) is 0 Å². The number of aromatic nitrogens is 3. The minimum Gasteiger partial charge on any atom is -0.309 e. The summed E-state index contributed by atoms with van der Waals surface area (Å²) >= 11 is 0. The van der Waals surface area contributed by atoms with Crippen molar-refractivity contribution in [3.05, 3.63) is 164 Å². The fraction of sp³-hybridized carbons (Fsp3) is 0. The third kappa shape index (κ3) is 3.87. The molecule has 47 heavy (non-hydrogen) atoms. The van der Waals surface area contributed by atoms with Crippen LogP contribution >= 0.6 is 0 Å². The van der Waals surface area contributed by atoms with E-state index >= 15 is 0 Å². The molecule has 0 amide bonds. The summed E-state index contributed by atoms with van der Waals surface area (Å²) in [6.45, 7) is 0. The van der Waals surface area contributed by atoms with E-state index in [1.165, 1.54) is 54.1 Å². The smallest absolute Gasteiger partial charge is 0.0973 e. The zero-order valence-corrected chi connectivity index (χ0v) is 25.4. The van der Waals surface area contributed by atoms with Gasteiger partial charge in [0.25, 0.3) is 0 Å². The van der Waals surface area contributed by atoms with Crippen LogP contribution in [-0.2, 0) is 0 Å². The van der Waals surface area contributed by atoms with E-state index in [4.69, 9.17) is 9.97 Å². The molecule has 0 N–H and O–H groups in total. The Bertz CT molecular complexity index is 2830. The van der Waals surface area contributed by atoms with E-state index in [0.717, 1.165) is 39.2 Å². The molecular weight excluding hydrogens is 571 g/mol. The molecule has 0 radical (unpaired) electrons. The summed E-state index contributed by atoms with van der Waals surface area (Å²) in [5, 5.41) is 9.93. The Hall–Kier alpha value is -6.32. The first kappa shape index (κ1) is 26.0. The maximum atomic E-state index is 5.24. The summed E-state index contributed by atoms with van der Waals surface area (Å²) in [6, 6.07) is 58.3. The van der Waals surface area contributed by atoms with Crippen LogP contribution in [0.3, 0.4) is 0 Å². The molecule has 10 rings (SSSR count). The van der Waals surface area contributed by atoms with Gasteiger partial charge in [-0.05, 0) is 63.3 Å². The summed E-state index contributed by atoms with van der Waals surface area (Å²) in [5.41, 5.74) is 9.25. The second kappa shape index (κ2) is 10.1. The van der Waals surface area contributed by atoms with Crippen molar-refractivity contribution >= 4 is 65.2 Å². The number of benzene rings is 8. The van der Waals surface area contributed by atoms with E-state index in [1.54, 1.807) is 0 Å². The number of nitrogens with zero attached hydrogens (tertiary/aromatic N) is 3. The molecule has 2 aromatic heterocycles. The predicted molar refractivity (Wildman–Crippen MR) is 197 cm³/mol. The van der Waals surface area contributed by atoms with Crippen molar-refractivity contribution in [3.63, 3.8) is 0 Å². The molecule has 10 aromatic rings. The molecule has 0 fully saturated rings. The Morgan fingerprint density at radius 3 is 1.64 bits per heavy atom. The summed E-state index contributed by atoms with van der Waals surface area (Å²) in [6.07, 6.45) is 0. The first-order valence-electron chi connectivity index (χ1n) is 16.0. The van der Waals surface area contributed by atoms with Crippen molar-refractivity contribution in [1.82, 2.24) is 14.5 Å². The molecular formula is C44H27N3. The molecule has 3 heteroatoms. The van der Waals surface area contributed by atoms with Gasteiger partial charge in [0.15, 0.2) is 0 Å². The average molecular weight is 598 g/mol. The highest BCUT2D eigenvalue weighted by atomic mass is 15.0. The molecule has 0 saturated heterocycles. The van der Waals surface area contributed by atoms with Crippen LogP contribution in [0.5, 0.6) is 0 Å². The van der Waals surface area contributed by atoms with E-state index in [2.05, 4.69) is 138 Å². The molecule has 3 nitrogen and oxygen atoms in total. The fourth-order valence-corrected chi connectivity index (χ4v) is 7.48. The van der Waals surface area contributed by atoms with Crippen molar-refractivity contribution < 1.29 is 0 Å². The number of hydrogen-bond donors (Lipinski definition) is 0. The van der Waals surface area contributed by atoms with Gasteiger partial charge in [-0.15, -0.1) is 0 Å². The highest BCUT2D eigenvalue weighted by Crippen LogP contribution is 2.44. The van der Waals surface area contributed by atoms with E-state index in [-0.39, 0.29) is 0 Å². The molecule has 0 atom stereocenters. The zero-order chi connectivity index (χ0) is 30.9. The predicted octanol–water partition coefficient (Wildman–Crippen LogP) is 11.5. The summed E-state index contributed by atoms with van der Waals surface area (Å²) < 4.78 is 2.44. The topological polar surface area (TPSA) is 30.7 Å². The van der Waals surface area contributed by atoms with Gasteiger partial charge < -0.3 is 4.57 Å². The van der Waals surface area contributed by atoms with Crippen LogP contribution in [0.4, 0.5) is 0 Å². The van der Waals surface area contributed by atoms with Gasteiger partial charge in [-0.2, -0.15) is 0 Å². The van der Waals surface area contributed by atoms with Crippen molar-refractivity contribution in [2.45, 2.75) is 0 Å². The van der Waals surface area contributed by atoms with Gasteiger partial charge in [0.05, 0.1) is 33.5 Å². The Balaban J connectivity index is 1.36. The first-order chi connectivity index (χ1) is 23.3. The van der Waals surface area contributed by atoms with Gasteiger partial charge in [-0.1, -0.05) is 127 Å². The number of fused-ring (bicyclic) bond motifs is 11. The highest BCUT2D eigenvalue weighted by molar-refractivity contribution is 6.33. The van der Waals surface area contributed by atoms with E-state index in [9.17, 15) is 0 Å². The lowest BCUT2D eigenvalue weighted by atomic mass is 9.91. The lowest BCUT2D eigenvalue weighted by molar-refractivity contribution is 1.19. The fourth-order valence-electron chi connectivity index (χ4n) is 7.48. The molecule has 0 aliphatic heterocycles. The molecule has 2 heterocycles. The first-order valence-corrected chi connectivity index (χ1v) is 16.0. The lowest BCUT2D eigenvalue weighted by Crippen LogP contribution is -1.96. The number of para-hydroxylation sites is 4. The van der Waals surface area contributed by atoms with Gasteiger partial charge in [-0.3, -0.25) is 0 Å². The normalized spacial score (nSPS) is 11.8. The summed E-state index contributed by atoms with van der Waals surface area (Å²) in [7, 11) is 0. The van der Waals surface area contributed by atoms with Gasteiger partial charge in [0.2, 0.25) is 0 Å². The van der Waals surface area contributed by atoms with E-state index in [0.29, 0.717) is 0 Å². The van der Waals surface area contributed by atoms with E-state index in [1.807, 2.05) is 30.3 Å². The Morgan fingerprint density at radius 1 is 0.362 bits per heavy atom. The van der Waals surface area contributed by atoms with Crippen molar-refractivity contribution in [1.29, 1.82) is 0 Å². The maximum Gasteiger partial charge on any atom is 0.0973 e. The van der Waals surface area contributed by atoms with E-state index < -0.39 is 0 Å². The van der Waals surface area contributed by atoms with Crippen molar-refractivity contribution in [3.8, 4) is 28.2 Å². The average Bonchev–Trinajstić information content (AvgIpc) is 3.49. The second-order valence-electron chi connectivity index (χ2n) is 12.2. The van der Waals surface area contributed by atoms with Crippen LogP contribution in [-0.4, -0.2) is 14.5 Å². The monoisotopic (exact) mass is 597 g/mol. The molecule has 0 aliphatic carbocycles. The molecule has 0 spiro atoms. The van der Waals surface area contributed by atoms with Crippen LogP contribution in [0.1, 0.15) is 0 Å². The van der Waals surface area contributed by atoms with Gasteiger partial charge in [-0.25, -0.2) is 9.97 Å². The third-order valence-electron chi connectivity index (χ3n) is 9.54. The molecule has 8 aromatic carbocycles. The second-order valence-corrected chi connectivity index (χ2v) is 12.2. The quantitative estimate of drug-likeness (QED) is 0.190.